The predicted octanol–water partition coefficient (Wildman–Crippen LogP) is 4.02. The van der Waals surface area contributed by atoms with Crippen molar-refractivity contribution in [3.8, 4) is 0 Å². The van der Waals surface area contributed by atoms with E-state index in [4.69, 9.17) is 0 Å². The molecular formula is C17H24O. The lowest BCUT2D eigenvalue weighted by molar-refractivity contribution is -0.116. The first-order valence-corrected chi connectivity index (χ1v) is 6.80. The third kappa shape index (κ3) is 1.64. The van der Waals surface area contributed by atoms with Gasteiger partial charge in [0.15, 0.2) is 0 Å². The van der Waals surface area contributed by atoms with E-state index in [1.807, 2.05) is 0 Å². The quantitative estimate of drug-likeness (QED) is 0.682. The smallest absolute Gasteiger partial charge is 0.124 e. The van der Waals surface area contributed by atoms with Gasteiger partial charge in [-0.3, -0.25) is 0 Å². The second kappa shape index (κ2) is 3.94. The van der Waals surface area contributed by atoms with E-state index in [-0.39, 0.29) is 16.7 Å². The molecule has 0 saturated carbocycles. The molecule has 0 N–H and O–H groups in total. The predicted molar refractivity (Wildman–Crippen MR) is 75.9 cm³/mol. The molecule has 0 spiro atoms. The molecule has 2 rings (SSSR count). The van der Waals surface area contributed by atoms with Crippen molar-refractivity contribution < 1.29 is 4.79 Å². The van der Waals surface area contributed by atoms with Gasteiger partial charge in [-0.15, -0.1) is 0 Å². The Balaban J connectivity index is 2.75. The van der Waals surface area contributed by atoms with Gasteiger partial charge in [0.1, 0.15) is 6.29 Å². The standard InChI is InChI=1S/C17H24O/c1-11-7-8-13-14(9-11)16(3,4)12(2)15(10-18)17(13,5)6/h7-10,12,15H,1-6H3. The van der Waals surface area contributed by atoms with Crippen LogP contribution in [-0.4, -0.2) is 6.29 Å². The van der Waals surface area contributed by atoms with Crippen LogP contribution in [-0.2, 0) is 15.6 Å². The second-order valence-corrected chi connectivity index (χ2v) is 6.94. The maximum Gasteiger partial charge on any atom is 0.124 e. The highest BCUT2D eigenvalue weighted by Gasteiger charge is 2.48. The first-order valence-electron chi connectivity index (χ1n) is 6.80. The molecule has 0 aliphatic heterocycles. The Morgan fingerprint density at radius 1 is 1.06 bits per heavy atom. The normalized spacial score (nSPS) is 28.6. The molecule has 1 aromatic rings. The molecule has 2 atom stereocenters. The van der Waals surface area contributed by atoms with E-state index in [0.29, 0.717) is 5.92 Å². The number of hydrogen-bond acceptors (Lipinski definition) is 1. The molecule has 0 aromatic heterocycles. The molecule has 1 aliphatic rings. The molecule has 1 aliphatic carbocycles. The zero-order valence-electron chi connectivity index (χ0n) is 12.4. The van der Waals surface area contributed by atoms with E-state index < -0.39 is 0 Å². The van der Waals surface area contributed by atoms with Crippen LogP contribution in [0.5, 0.6) is 0 Å². The fourth-order valence-electron chi connectivity index (χ4n) is 3.54. The summed E-state index contributed by atoms with van der Waals surface area (Å²) in [6.45, 7) is 13.3. The summed E-state index contributed by atoms with van der Waals surface area (Å²) in [5, 5.41) is 0. The van der Waals surface area contributed by atoms with Crippen molar-refractivity contribution in [1.29, 1.82) is 0 Å². The molecule has 1 heteroatoms. The van der Waals surface area contributed by atoms with Crippen LogP contribution in [0.4, 0.5) is 0 Å². The van der Waals surface area contributed by atoms with Gasteiger partial charge in [0.25, 0.3) is 0 Å². The number of fused-ring (bicyclic) bond motifs is 1. The van der Waals surface area contributed by atoms with E-state index in [0.717, 1.165) is 6.29 Å². The van der Waals surface area contributed by atoms with Gasteiger partial charge in [0.2, 0.25) is 0 Å². The van der Waals surface area contributed by atoms with Crippen molar-refractivity contribution in [2.45, 2.75) is 52.4 Å². The largest absolute Gasteiger partial charge is 0.303 e. The monoisotopic (exact) mass is 244 g/mol. The highest BCUT2D eigenvalue weighted by atomic mass is 16.1. The Kier molecular flexibility index (Phi) is 2.92. The Bertz CT molecular complexity index is 482. The van der Waals surface area contributed by atoms with E-state index in [1.165, 1.54) is 16.7 Å². The maximum absolute atomic E-state index is 11.6. The molecular weight excluding hydrogens is 220 g/mol. The third-order valence-corrected chi connectivity index (χ3v) is 5.22. The average molecular weight is 244 g/mol. The first-order chi connectivity index (χ1) is 8.22. The average Bonchev–Trinajstić information content (AvgIpc) is 2.27. The highest BCUT2D eigenvalue weighted by Crippen LogP contribution is 2.51. The molecule has 0 fully saturated rings. The van der Waals surface area contributed by atoms with Crippen molar-refractivity contribution in [2.75, 3.05) is 0 Å². The summed E-state index contributed by atoms with van der Waals surface area (Å²) in [6, 6.07) is 6.68. The van der Waals surface area contributed by atoms with Crippen molar-refractivity contribution in [3.63, 3.8) is 0 Å². The molecule has 0 bridgehead atoms. The summed E-state index contributed by atoms with van der Waals surface area (Å²) < 4.78 is 0. The van der Waals surface area contributed by atoms with Gasteiger partial charge in [0, 0.05) is 5.92 Å². The fourth-order valence-corrected chi connectivity index (χ4v) is 3.54. The lowest BCUT2D eigenvalue weighted by Crippen LogP contribution is -2.48. The molecule has 0 heterocycles. The minimum absolute atomic E-state index is 0.0580. The van der Waals surface area contributed by atoms with Crippen LogP contribution in [0.2, 0.25) is 0 Å². The van der Waals surface area contributed by atoms with Gasteiger partial charge < -0.3 is 4.79 Å². The van der Waals surface area contributed by atoms with Crippen LogP contribution >= 0.6 is 0 Å². The lowest BCUT2D eigenvalue weighted by Gasteiger charge is -2.50. The topological polar surface area (TPSA) is 17.1 Å². The van der Waals surface area contributed by atoms with Gasteiger partial charge in [-0.2, -0.15) is 0 Å². The van der Waals surface area contributed by atoms with Crippen LogP contribution in [0.15, 0.2) is 18.2 Å². The number of benzene rings is 1. The fraction of sp³-hybridized carbons (Fsp3) is 0.588. The Morgan fingerprint density at radius 3 is 2.22 bits per heavy atom. The van der Waals surface area contributed by atoms with Crippen LogP contribution in [0.1, 0.15) is 51.3 Å². The van der Waals surface area contributed by atoms with Gasteiger partial charge in [0.05, 0.1) is 0 Å². The summed E-state index contributed by atoms with van der Waals surface area (Å²) in [5.41, 5.74) is 4.04. The highest BCUT2D eigenvalue weighted by molar-refractivity contribution is 5.62. The Hall–Kier alpha value is -1.11. The van der Waals surface area contributed by atoms with Crippen molar-refractivity contribution in [2.24, 2.45) is 11.8 Å². The molecule has 0 saturated heterocycles. The molecule has 0 amide bonds. The summed E-state index contributed by atoms with van der Waals surface area (Å²) in [5.74, 6) is 0.446. The van der Waals surface area contributed by atoms with Crippen molar-refractivity contribution in [1.82, 2.24) is 0 Å². The SMILES string of the molecule is Cc1ccc2c(c1)C(C)(C)C(C)C(C=O)C2(C)C. The van der Waals surface area contributed by atoms with Crippen LogP contribution in [0.3, 0.4) is 0 Å². The minimum Gasteiger partial charge on any atom is -0.303 e. The summed E-state index contributed by atoms with van der Waals surface area (Å²) in [4.78, 5) is 11.6. The zero-order chi connectivity index (χ0) is 13.7. The summed E-state index contributed by atoms with van der Waals surface area (Å²) in [6.07, 6.45) is 1.16. The second-order valence-electron chi connectivity index (χ2n) is 6.94. The maximum atomic E-state index is 11.6. The lowest BCUT2D eigenvalue weighted by atomic mass is 9.53. The van der Waals surface area contributed by atoms with E-state index in [9.17, 15) is 4.79 Å². The number of rotatable bonds is 1. The first kappa shape index (κ1) is 13.3. The van der Waals surface area contributed by atoms with Gasteiger partial charge >= 0.3 is 0 Å². The molecule has 18 heavy (non-hydrogen) atoms. The van der Waals surface area contributed by atoms with Gasteiger partial charge in [-0.1, -0.05) is 58.4 Å². The number of carbonyl (C=O) groups excluding carboxylic acids is 1. The summed E-state index contributed by atoms with van der Waals surface area (Å²) in [7, 11) is 0. The third-order valence-electron chi connectivity index (χ3n) is 5.22. The van der Waals surface area contributed by atoms with Crippen LogP contribution in [0.25, 0.3) is 0 Å². The van der Waals surface area contributed by atoms with E-state index in [2.05, 4.69) is 59.7 Å². The van der Waals surface area contributed by atoms with Crippen molar-refractivity contribution in [3.05, 3.63) is 34.9 Å². The van der Waals surface area contributed by atoms with E-state index >= 15 is 0 Å². The number of aldehydes is 1. The number of aryl methyl sites for hydroxylation is 1. The van der Waals surface area contributed by atoms with Crippen molar-refractivity contribution >= 4 is 6.29 Å². The van der Waals surface area contributed by atoms with Gasteiger partial charge in [-0.25, -0.2) is 0 Å². The molecule has 0 radical (unpaired) electrons. The zero-order valence-corrected chi connectivity index (χ0v) is 12.4. The number of carbonyl (C=O) groups is 1. The summed E-state index contributed by atoms with van der Waals surface area (Å²) >= 11 is 0. The minimum atomic E-state index is -0.0697. The Labute approximate surface area is 111 Å². The van der Waals surface area contributed by atoms with Crippen LogP contribution < -0.4 is 0 Å². The molecule has 1 nitrogen and oxygen atoms in total. The molecule has 98 valence electrons. The number of hydrogen-bond donors (Lipinski definition) is 0. The van der Waals surface area contributed by atoms with Gasteiger partial charge in [-0.05, 0) is 34.8 Å². The van der Waals surface area contributed by atoms with Crippen LogP contribution in [0, 0.1) is 18.8 Å². The molecule has 2 unspecified atom stereocenters. The molecule has 1 aromatic carbocycles. The van der Waals surface area contributed by atoms with E-state index in [1.54, 1.807) is 0 Å². The Morgan fingerprint density at radius 2 is 1.67 bits per heavy atom.